The first kappa shape index (κ1) is 18.9. The zero-order valence-corrected chi connectivity index (χ0v) is 14.5. The summed E-state index contributed by atoms with van der Waals surface area (Å²) in [6, 6.07) is 5.20. The monoisotopic (exact) mass is 361 g/mol. The molecule has 0 fully saturated rings. The molecule has 10 heteroatoms. The molecule has 0 bridgehead atoms. The molecule has 2 rings (SSSR count). The van der Waals surface area contributed by atoms with Gasteiger partial charge in [-0.15, -0.1) is 0 Å². The summed E-state index contributed by atoms with van der Waals surface area (Å²) in [6.45, 7) is 5.20. The normalized spacial score (nSPS) is 11.8. The lowest BCUT2D eigenvalue weighted by Crippen LogP contribution is -2.31. The highest BCUT2D eigenvalue weighted by Crippen LogP contribution is 2.23. The van der Waals surface area contributed by atoms with Crippen molar-refractivity contribution in [2.45, 2.75) is 32.9 Å². The molecule has 0 aliphatic rings. The molecule has 1 aromatic carbocycles. The number of hydrogen-bond acceptors (Lipinski definition) is 7. The molecular formula is C16H19N5O5. The van der Waals surface area contributed by atoms with Gasteiger partial charge in [0.05, 0.1) is 16.7 Å². The standard InChI is InChI=1S/C16H19N5O5/c1-9(2)20-14(6-7-18-20)19-15(22)10(3)26-16(23)11-4-5-12(17)13(8-11)21(24)25/h4-10H,17H2,1-3H3,(H,19,22)/t10-/m1/s1. The molecule has 1 atom stereocenters. The van der Waals surface area contributed by atoms with Crippen molar-refractivity contribution in [2.75, 3.05) is 11.1 Å². The molecule has 0 radical (unpaired) electrons. The van der Waals surface area contributed by atoms with Crippen molar-refractivity contribution in [3.8, 4) is 0 Å². The van der Waals surface area contributed by atoms with Gasteiger partial charge in [-0.2, -0.15) is 5.10 Å². The Hall–Kier alpha value is -3.43. The molecule has 0 unspecified atom stereocenters. The van der Waals surface area contributed by atoms with Crippen LogP contribution in [0.5, 0.6) is 0 Å². The molecule has 26 heavy (non-hydrogen) atoms. The third kappa shape index (κ3) is 4.15. The lowest BCUT2D eigenvalue weighted by molar-refractivity contribution is -0.383. The van der Waals surface area contributed by atoms with Crippen molar-refractivity contribution in [3.63, 3.8) is 0 Å². The van der Waals surface area contributed by atoms with Crippen molar-refractivity contribution < 1.29 is 19.2 Å². The van der Waals surface area contributed by atoms with Gasteiger partial charge in [0, 0.05) is 18.2 Å². The van der Waals surface area contributed by atoms with E-state index in [0.29, 0.717) is 5.82 Å². The summed E-state index contributed by atoms with van der Waals surface area (Å²) < 4.78 is 6.68. The summed E-state index contributed by atoms with van der Waals surface area (Å²) in [5, 5.41) is 17.6. The molecule has 138 valence electrons. The second-order valence-electron chi connectivity index (χ2n) is 5.82. The van der Waals surface area contributed by atoms with Gasteiger partial charge in [0.2, 0.25) is 0 Å². The largest absolute Gasteiger partial charge is 0.449 e. The number of nitrogens with one attached hydrogen (secondary N) is 1. The lowest BCUT2D eigenvalue weighted by Gasteiger charge is -2.15. The number of aromatic nitrogens is 2. The second kappa shape index (κ2) is 7.64. The molecule has 1 heterocycles. The van der Waals surface area contributed by atoms with E-state index in [0.717, 1.165) is 6.07 Å². The third-order valence-corrected chi connectivity index (χ3v) is 3.53. The Bertz CT molecular complexity index is 845. The molecular weight excluding hydrogens is 342 g/mol. The molecule has 0 saturated heterocycles. The van der Waals surface area contributed by atoms with Gasteiger partial charge in [-0.25, -0.2) is 9.48 Å². The van der Waals surface area contributed by atoms with E-state index >= 15 is 0 Å². The highest BCUT2D eigenvalue weighted by Gasteiger charge is 2.22. The molecule has 1 aromatic heterocycles. The minimum atomic E-state index is -1.12. The summed E-state index contributed by atoms with van der Waals surface area (Å²) in [7, 11) is 0. The highest BCUT2D eigenvalue weighted by atomic mass is 16.6. The van der Waals surface area contributed by atoms with Crippen LogP contribution in [-0.4, -0.2) is 32.7 Å². The van der Waals surface area contributed by atoms with Crippen molar-refractivity contribution in [3.05, 3.63) is 46.1 Å². The molecule has 3 N–H and O–H groups in total. The predicted octanol–water partition coefficient (Wildman–Crippen LogP) is 2.14. The summed E-state index contributed by atoms with van der Waals surface area (Å²) in [4.78, 5) is 34.6. The molecule has 0 aliphatic carbocycles. The van der Waals surface area contributed by atoms with Crippen LogP contribution in [0.4, 0.5) is 17.2 Å². The Morgan fingerprint density at radius 3 is 2.62 bits per heavy atom. The number of anilines is 2. The van der Waals surface area contributed by atoms with Crippen LogP contribution in [0.2, 0.25) is 0 Å². The van der Waals surface area contributed by atoms with Crippen LogP contribution in [0, 0.1) is 10.1 Å². The maximum atomic E-state index is 12.2. The number of hydrogen-bond donors (Lipinski definition) is 2. The fourth-order valence-corrected chi connectivity index (χ4v) is 2.16. The molecule has 0 aliphatic heterocycles. The zero-order valence-electron chi connectivity index (χ0n) is 14.5. The number of rotatable bonds is 6. The molecule has 10 nitrogen and oxygen atoms in total. The number of ether oxygens (including phenoxy) is 1. The first-order valence-corrected chi connectivity index (χ1v) is 7.80. The van der Waals surface area contributed by atoms with Gasteiger partial charge in [-0.3, -0.25) is 14.9 Å². The van der Waals surface area contributed by atoms with E-state index in [4.69, 9.17) is 10.5 Å². The van der Waals surface area contributed by atoms with E-state index in [1.54, 1.807) is 16.9 Å². The van der Waals surface area contributed by atoms with E-state index in [-0.39, 0.29) is 17.3 Å². The average molecular weight is 361 g/mol. The van der Waals surface area contributed by atoms with Crippen LogP contribution in [0.1, 0.15) is 37.2 Å². The number of carbonyl (C=O) groups excluding carboxylic acids is 2. The maximum absolute atomic E-state index is 12.2. The van der Waals surface area contributed by atoms with Crippen LogP contribution in [0.25, 0.3) is 0 Å². The Labute approximate surface area is 149 Å². The first-order chi connectivity index (χ1) is 12.2. The Morgan fingerprint density at radius 2 is 2.00 bits per heavy atom. The van der Waals surface area contributed by atoms with Gasteiger partial charge in [0.25, 0.3) is 11.6 Å². The maximum Gasteiger partial charge on any atom is 0.339 e. The fraction of sp³-hybridized carbons (Fsp3) is 0.312. The van der Waals surface area contributed by atoms with Gasteiger partial charge in [-0.1, -0.05) is 0 Å². The number of esters is 1. The number of carbonyl (C=O) groups is 2. The van der Waals surface area contributed by atoms with Crippen LogP contribution in [0.3, 0.4) is 0 Å². The minimum Gasteiger partial charge on any atom is -0.449 e. The van der Waals surface area contributed by atoms with Crippen LogP contribution < -0.4 is 11.1 Å². The van der Waals surface area contributed by atoms with Gasteiger partial charge >= 0.3 is 5.97 Å². The van der Waals surface area contributed by atoms with Gasteiger partial charge < -0.3 is 15.8 Å². The van der Waals surface area contributed by atoms with Gasteiger partial charge in [0.1, 0.15) is 11.5 Å². The molecule has 1 amide bonds. The Kier molecular flexibility index (Phi) is 5.55. The molecule has 0 saturated carbocycles. The minimum absolute atomic E-state index is 0.0356. The van der Waals surface area contributed by atoms with E-state index in [1.807, 2.05) is 13.8 Å². The summed E-state index contributed by atoms with van der Waals surface area (Å²) in [6.07, 6.45) is 0.425. The van der Waals surface area contributed by atoms with Gasteiger partial charge in [0.15, 0.2) is 6.10 Å². The number of benzene rings is 1. The Morgan fingerprint density at radius 1 is 1.31 bits per heavy atom. The number of nitrogen functional groups attached to an aromatic ring is 1. The highest BCUT2D eigenvalue weighted by molar-refractivity contribution is 5.97. The van der Waals surface area contributed by atoms with Crippen molar-refractivity contribution in [1.29, 1.82) is 0 Å². The summed E-state index contributed by atoms with van der Waals surface area (Å²) in [5.74, 6) is -0.949. The van der Waals surface area contributed by atoms with E-state index < -0.39 is 28.6 Å². The fourth-order valence-electron chi connectivity index (χ4n) is 2.16. The van der Waals surface area contributed by atoms with Crippen LogP contribution >= 0.6 is 0 Å². The molecule has 2 aromatic rings. The first-order valence-electron chi connectivity index (χ1n) is 7.80. The van der Waals surface area contributed by atoms with E-state index in [1.165, 1.54) is 19.1 Å². The van der Waals surface area contributed by atoms with Crippen LogP contribution in [0.15, 0.2) is 30.5 Å². The number of nitrogens with two attached hydrogens (primary N) is 1. The second-order valence-corrected chi connectivity index (χ2v) is 5.82. The average Bonchev–Trinajstić information content (AvgIpc) is 3.03. The van der Waals surface area contributed by atoms with E-state index in [2.05, 4.69) is 10.4 Å². The number of nitrogens with zero attached hydrogens (tertiary/aromatic N) is 3. The van der Waals surface area contributed by atoms with Crippen molar-refractivity contribution in [1.82, 2.24) is 9.78 Å². The van der Waals surface area contributed by atoms with Crippen molar-refractivity contribution >= 4 is 29.1 Å². The Balaban J connectivity index is 2.07. The van der Waals surface area contributed by atoms with E-state index in [9.17, 15) is 19.7 Å². The number of amides is 1. The number of nitro benzene ring substituents is 1. The quantitative estimate of drug-likeness (QED) is 0.347. The SMILES string of the molecule is CC(C)n1nccc1NC(=O)[C@@H](C)OC(=O)c1ccc(N)c([N+](=O)[O-])c1. The number of nitro groups is 1. The summed E-state index contributed by atoms with van der Waals surface area (Å²) in [5.41, 5.74) is 4.94. The predicted molar refractivity (Wildman–Crippen MR) is 93.6 cm³/mol. The zero-order chi connectivity index (χ0) is 19.4. The van der Waals surface area contributed by atoms with Gasteiger partial charge in [-0.05, 0) is 32.9 Å². The lowest BCUT2D eigenvalue weighted by atomic mass is 10.2. The molecule has 0 spiro atoms. The summed E-state index contributed by atoms with van der Waals surface area (Å²) >= 11 is 0. The smallest absolute Gasteiger partial charge is 0.339 e. The topological polar surface area (TPSA) is 142 Å². The van der Waals surface area contributed by atoms with Crippen LogP contribution in [-0.2, 0) is 9.53 Å². The van der Waals surface area contributed by atoms with Crippen molar-refractivity contribution in [2.24, 2.45) is 0 Å². The third-order valence-electron chi connectivity index (χ3n) is 3.53.